The number of hydrogen-bond acceptors (Lipinski definition) is 3. The fourth-order valence-corrected chi connectivity index (χ4v) is 1.62. The Bertz CT molecular complexity index is 273. The summed E-state index contributed by atoms with van der Waals surface area (Å²) in [5.41, 5.74) is 0. The van der Waals surface area contributed by atoms with Crippen molar-refractivity contribution in [2.45, 2.75) is 31.8 Å². The average Bonchev–Trinajstić information content (AvgIpc) is 2.84. The minimum Gasteiger partial charge on any atom is -0.376 e. The topological polar surface area (TPSA) is 67.4 Å². The van der Waals surface area contributed by atoms with E-state index in [2.05, 4.69) is 17.2 Å². The Morgan fingerprint density at radius 2 is 2.00 bits per heavy atom. The Balaban J connectivity index is 2.03. The third-order valence-corrected chi connectivity index (χ3v) is 2.57. The summed E-state index contributed by atoms with van der Waals surface area (Å²) >= 11 is 0. The van der Waals surface area contributed by atoms with Crippen LogP contribution in [0.1, 0.15) is 25.7 Å². The lowest BCUT2D eigenvalue weighted by Crippen LogP contribution is -2.33. The van der Waals surface area contributed by atoms with Crippen LogP contribution in [0.4, 0.5) is 0 Å². The lowest BCUT2D eigenvalue weighted by molar-refractivity contribution is -0.126. The maximum Gasteiger partial charge on any atom is 0.220 e. The second-order valence-corrected chi connectivity index (χ2v) is 4.03. The molecule has 1 rings (SSSR count). The number of rotatable bonds is 7. The Labute approximate surface area is 102 Å². The predicted octanol–water partition coefficient (Wildman–Crippen LogP) is 0.364. The first kappa shape index (κ1) is 13.7. The highest BCUT2D eigenvalue weighted by Gasteiger charge is 2.16. The smallest absolute Gasteiger partial charge is 0.220 e. The fourth-order valence-electron chi connectivity index (χ4n) is 1.62. The van der Waals surface area contributed by atoms with Gasteiger partial charge < -0.3 is 15.4 Å². The Kier molecular flexibility index (Phi) is 6.32. The van der Waals surface area contributed by atoms with Crippen LogP contribution in [-0.4, -0.2) is 37.6 Å². The van der Waals surface area contributed by atoms with Crippen LogP contribution in [-0.2, 0) is 14.3 Å². The van der Waals surface area contributed by atoms with Gasteiger partial charge in [0.25, 0.3) is 0 Å². The van der Waals surface area contributed by atoms with E-state index in [-0.39, 0.29) is 30.8 Å². The highest BCUT2D eigenvalue weighted by Crippen LogP contribution is 2.10. The molecule has 0 radical (unpaired) electrons. The van der Waals surface area contributed by atoms with Gasteiger partial charge in [-0.25, -0.2) is 0 Å². The minimum absolute atomic E-state index is 0.103. The van der Waals surface area contributed by atoms with Crippen LogP contribution in [0, 0.1) is 0 Å². The molecule has 5 nitrogen and oxygen atoms in total. The second-order valence-electron chi connectivity index (χ2n) is 4.03. The van der Waals surface area contributed by atoms with Crippen LogP contribution in [0.5, 0.6) is 0 Å². The van der Waals surface area contributed by atoms with Gasteiger partial charge in [0.15, 0.2) is 0 Å². The number of hydrogen-bond donors (Lipinski definition) is 2. The van der Waals surface area contributed by atoms with Crippen molar-refractivity contribution in [3.8, 4) is 0 Å². The molecule has 1 aliphatic heterocycles. The van der Waals surface area contributed by atoms with E-state index < -0.39 is 0 Å². The van der Waals surface area contributed by atoms with E-state index in [0.29, 0.717) is 13.1 Å². The second kappa shape index (κ2) is 7.84. The lowest BCUT2D eigenvalue weighted by atomic mass is 10.2. The molecule has 0 aliphatic carbocycles. The van der Waals surface area contributed by atoms with E-state index in [4.69, 9.17) is 4.74 Å². The van der Waals surface area contributed by atoms with E-state index in [9.17, 15) is 9.59 Å². The summed E-state index contributed by atoms with van der Waals surface area (Å²) in [5.74, 6) is -0.230. The molecule has 96 valence electrons. The van der Waals surface area contributed by atoms with Gasteiger partial charge in [-0.05, 0) is 12.8 Å². The third-order valence-electron chi connectivity index (χ3n) is 2.57. The molecule has 1 saturated heterocycles. The number of amides is 2. The highest BCUT2D eigenvalue weighted by molar-refractivity contribution is 5.83. The Morgan fingerprint density at radius 1 is 1.29 bits per heavy atom. The molecule has 2 amide bonds. The Hall–Kier alpha value is -1.36. The normalized spacial score (nSPS) is 18.7. The van der Waals surface area contributed by atoms with Gasteiger partial charge in [-0.2, -0.15) is 0 Å². The van der Waals surface area contributed by atoms with Crippen molar-refractivity contribution in [2.24, 2.45) is 0 Å². The van der Waals surface area contributed by atoms with E-state index in [1.54, 1.807) is 6.08 Å². The zero-order valence-electron chi connectivity index (χ0n) is 10.0. The number of ether oxygens (including phenoxy) is 1. The molecule has 0 aromatic heterocycles. The van der Waals surface area contributed by atoms with Gasteiger partial charge in [0.2, 0.25) is 11.8 Å². The van der Waals surface area contributed by atoms with Crippen LogP contribution in [0.15, 0.2) is 12.7 Å². The van der Waals surface area contributed by atoms with E-state index in [1.807, 2.05) is 0 Å². The number of carbonyl (C=O) groups is 2. The van der Waals surface area contributed by atoms with E-state index in [0.717, 1.165) is 19.4 Å². The van der Waals surface area contributed by atoms with Gasteiger partial charge in [0, 0.05) is 32.5 Å². The number of carbonyl (C=O) groups excluding carboxylic acids is 2. The Morgan fingerprint density at radius 3 is 2.59 bits per heavy atom. The fraction of sp³-hybridized carbons (Fsp3) is 0.667. The molecule has 17 heavy (non-hydrogen) atoms. The molecule has 1 atom stereocenters. The molecule has 0 spiro atoms. The van der Waals surface area contributed by atoms with Crippen LogP contribution >= 0.6 is 0 Å². The zero-order valence-corrected chi connectivity index (χ0v) is 10.0. The third kappa shape index (κ3) is 6.06. The monoisotopic (exact) mass is 240 g/mol. The van der Waals surface area contributed by atoms with Gasteiger partial charge in [-0.1, -0.05) is 6.08 Å². The van der Waals surface area contributed by atoms with Crippen LogP contribution in [0.3, 0.4) is 0 Å². The number of nitrogens with one attached hydrogen (secondary N) is 2. The van der Waals surface area contributed by atoms with Crippen LogP contribution < -0.4 is 10.6 Å². The van der Waals surface area contributed by atoms with E-state index >= 15 is 0 Å². The molecule has 0 bridgehead atoms. The van der Waals surface area contributed by atoms with Gasteiger partial charge in [-0.3, -0.25) is 9.59 Å². The summed E-state index contributed by atoms with van der Waals surface area (Å²) in [6.07, 6.45) is 4.24. The predicted molar refractivity (Wildman–Crippen MR) is 64.4 cm³/mol. The van der Waals surface area contributed by atoms with Crippen molar-refractivity contribution in [3.63, 3.8) is 0 Å². The first-order chi connectivity index (χ1) is 8.22. The highest BCUT2D eigenvalue weighted by atomic mass is 16.5. The molecule has 5 heteroatoms. The molecule has 1 aliphatic rings. The van der Waals surface area contributed by atoms with Crippen molar-refractivity contribution in [1.29, 1.82) is 0 Å². The van der Waals surface area contributed by atoms with Crippen molar-refractivity contribution in [3.05, 3.63) is 12.7 Å². The first-order valence-corrected chi connectivity index (χ1v) is 5.98. The van der Waals surface area contributed by atoms with Crippen molar-refractivity contribution in [1.82, 2.24) is 10.6 Å². The van der Waals surface area contributed by atoms with Gasteiger partial charge in [0.05, 0.1) is 6.10 Å². The van der Waals surface area contributed by atoms with Crippen LogP contribution in [0.25, 0.3) is 0 Å². The van der Waals surface area contributed by atoms with Gasteiger partial charge in [0.1, 0.15) is 0 Å². The molecule has 1 unspecified atom stereocenters. The maximum atomic E-state index is 11.4. The quantitative estimate of drug-likeness (QED) is 0.632. The summed E-state index contributed by atoms with van der Waals surface area (Å²) in [4.78, 5) is 22.6. The summed E-state index contributed by atoms with van der Waals surface area (Å²) in [7, 11) is 0. The summed E-state index contributed by atoms with van der Waals surface area (Å²) in [6.45, 7) is 5.27. The maximum absolute atomic E-state index is 11.4. The minimum atomic E-state index is -0.128. The average molecular weight is 240 g/mol. The zero-order chi connectivity index (χ0) is 12.5. The summed E-state index contributed by atoms with van der Waals surface area (Å²) in [6, 6.07) is 0. The van der Waals surface area contributed by atoms with Gasteiger partial charge >= 0.3 is 0 Å². The molecule has 0 saturated carbocycles. The van der Waals surface area contributed by atoms with Crippen molar-refractivity contribution >= 4 is 11.8 Å². The van der Waals surface area contributed by atoms with Crippen molar-refractivity contribution < 1.29 is 14.3 Å². The standard InChI is InChI=1S/C12H20N2O3/c1-2-7-13-11(15)5-6-12(16)14-9-10-4-3-8-17-10/h2,10H,1,3-9H2,(H,13,15)(H,14,16). The molecule has 1 heterocycles. The molecule has 2 N–H and O–H groups in total. The molecule has 0 aromatic rings. The van der Waals surface area contributed by atoms with Crippen molar-refractivity contribution in [2.75, 3.05) is 19.7 Å². The van der Waals surface area contributed by atoms with E-state index in [1.165, 1.54) is 0 Å². The van der Waals surface area contributed by atoms with Crippen LogP contribution in [0.2, 0.25) is 0 Å². The molecule has 0 aromatic carbocycles. The molecular weight excluding hydrogens is 220 g/mol. The largest absolute Gasteiger partial charge is 0.376 e. The first-order valence-electron chi connectivity index (χ1n) is 5.98. The molecular formula is C12H20N2O3. The SMILES string of the molecule is C=CCNC(=O)CCC(=O)NCC1CCCO1. The summed E-state index contributed by atoms with van der Waals surface area (Å²) < 4.78 is 5.38. The molecule has 1 fully saturated rings. The van der Waals surface area contributed by atoms with Gasteiger partial charge in [-0.15, -0.1) is 6.58 Å². The summed E-state index contributed by atoms with van der Waals surface area (Å²) in [5, 5.41) is 5.40. The lowest BCUT2D eigenvalue weighted by Gasteiger charge is -2.10.